The van der Waals surface area contributed by atoms with Crippen LogP contribution in [0.25, 0.3) is 0 Å². The third-order valence-corrected chi connectivity index (χ3v) is 7.93. The highest BCUT2D eigenvalue weighted by Gasteiger charge is 2.52. The fourth-order valence-corrected chi connectivity index (χ4v) is 5.46. The van der Waals surface area contributed by atoms with Gasteiger partial charge >= 0.3 is 12.0 Å². The Bertz CT molecular complexity index is 1250. The van der Waals surface area contributed by atoms with E-state index < -0.39 is 23.6 Å². The Hall–Kier alpha value is -3.34. The van der Waals surface area contributed by atoms with Crippen molar-refractivity contribution in [2.24, 2.45) is 0 Å². The molecule has 11 heteroatoms. The first-order valence-corrected chi connectivity index (χ1v) is 14.5. The third kappa shape index (κ3) is 7.35. The average molecular weight is 605 g/mol. The number of hydrogen-bond donors (Lipinski definition) is 2. The van der Waals surface area contributed by atoms with Gasteiger partial charge in [0.15, 0.2) is 11.5 Å². The van der Waals surface area contributed by atoms with Gasteiger partial charge < -0.3 is 34.3 Å². The molecule has 1 saturated carbocycles. The van der Waals surface area contributed by atoms with Crippen molar-refractivity contribution < 1.29 is 38.4 Å². The van der Waals surface area contributed by atoms with Crippen molar-refractivity contribution in [3.05, 3.63) is 58.1 Å². The molecule has 10 nitrogen and oxygen atoms in total. The molecule has 230 valence electrons. The number of aliphatic carboxylic acids is 1. The van der Waals surface area contributed by atoms with E-state index in [9.17, 15) is 19.5 Å². The van der Waals surface area contributed by atoms with Gasteiger partial charge in [0.25, 0.3) is 0 Å². The van der Waals surface area contributed by atoms with Crippen LogP contribution in [-0.4, -0.2) is 72.9 Å². The van der Waals surface area contributed by atoms with E-state index in [1.54, 1.807) is 26.8 Å². The predicted octanol–water partition coefficient (Wildman–Crippen LogP) is 5.82. The van der Waals surface area contributed by atoms with Crippen LogP contribution in [0.4, 0.5) is 4.79 Å². The molecule has 1 aliphatic carbocycles. The number of carbonyl (C=O) groups excluding carboxylic acids is 2. The summed E-state index contributed by atoms with van der Waals surface area (Å²) in [4.78, 5) is 40.1. The van der Waals surface area contributed by atoms with E-state index in [0.29, 0.717) is 12.2 Å². The molecule has 1 fully saturated rings. The lowest BCUT2D eigenvalue weighted by atomic mass is 9.74. The summed E-state index contributed by atoms with van der Waals surface area (Å²) < 4.78 is 23.0. The Morgan fingerprint density at radius 3 is 2.31 bits per heavy atom. The lowest BCUT2D eigenvalue weighted by Crippen LogP contribution is -2.66. The summed E-state index contributed by atoms with van der Waals surface area (Å²) in [5.74, 6) is -0.940. The molecule has 2 aromatic rings. The largest absolute Gasteiger partial charge is 0.493 e. The van der Waals surface area contributed by atoms with Crippen LogP contribution >= 0.6 is 11.6 Å². The molecule has 2 amide bonds. The maximum Gasteiger partial charge on any atom is 0.329 e. The summed E-state index contributed by atoms with van der Waals surface area (Å²) in [5, 5.41) is 12.9. The van der Waals surface area contributed by atoms with Crippen LogP contribution in [-0.2, 0) is 14.3 Å². The lowest BCUT2D eigenvalue weighted by molar-refractivity contribution is -0.155. The SMILES string of the molecule is CCOc1cc([C@@H](C)N(CCO[C@@H](C)c2ccccc2)C(=O)N[C@]2(C(=O)O)C[C@@H](OC)C2)c(Cl)c(OCC)c1C(C)=O. The zero-order valence-electron chi connectivity index (χ0n) is 25.1. The maximum atomic E-state index is 13.8. The number of carbonyl (C=O) groups is 3. The number of methoxy groups -OCH3 is 1. The van der Waals surface area contributed by atoms with E-state index in [4.69, 9.17) is 30.5 Å². The molecular formula is C31H41ClN2O8. The molecule has 0 heterocycles. The monoisotopic (exact) mass is 604 g/mol. The standard InChI is InChI=1S/C31H41ClN2O8/c1-7-40-25-16-24(27(32)28(41-8-2)26(25)20(4)35)19(3)34(14-15-42-21(5)22-12-10-9-11-13-22)30(38)33-31(29(36)37)17-23(18-31)39-6/h9-13,16,19,21,23H,7-8,14-15,17-18H2,1-6H3,(H,33,38)(H,36,37)/t19-,21+,23-,31-/m1/s1. The van der Waals surface area contributed by atoms with Crippen molar-refractivity contribution in [3.8, 4) is 11.5 Å². The van der Waals surface area contributed by atoms with E-state index in [1.807, 2.05) is 37.3 Å². The highest BCUT2D eigenvalue weighted by atomic mass is 35.5. The lowest BCUT2D eigenvalue weighted by Gasteiger charge is -2.45. The van der Waals surface area contributed by atoms with Crippen LogP contribution in [0.3, 0.4) is 0 Å². The second kappa shape index (κ2) is 14.7. The Kier molecular flexibility index (Phi) is 11.6. The molecule has 3 rings (SSSR count). The van der Waals surface area contributed by atoms with E-state index in [2.05, 4.69) is 5.32 Å². The summed E-state index contributed by atoms with van der Waals surface area (Å²) in [7, 11) is 1.51. The van der Waals surface area contributed by atoms with Gasteiger partial charge in [0.2, 0.25) is 0 Å². The van der Waals surface area contributed by atoms with Gasteiger partial charge in [-0.2, -0.15) is 0 Å². The minimum Gasteiger partial charge on any atom is -0.493 e. The average Bonchev–Trinajstić information content (AvgIpc) is 2.94. The maximum absolute atomic E-state index is 13.8. The Balaban J connectivity index is 1.98. The molecule has 0 aromatic heterocycles. The van der Waals surface area contributed by atoms with Gasteiger partial charge in [-0.25, -0.2) is 9.59 Å². The summed E-state index contributed by atoms with van der Waals surface area (Å²) in [6, 6.07) is 10.0. The summed E-state index contributed by atoms with van der Waals surface area (Å²) in [5.41, 5.74) is 0.230. The minimum absolute atomic E-state index is 0.117. The van der Waals surface area contributed by atoms with E-state index in [1.165, 1.54) is 18.9 Å². The van der Waals surface area contributed by atoms with Crippen LogP contribution < -0.4 is 14.8 Å². The number of halogens is 1. The van der Waals surface area contributed by atoms with Gasteiger partial charge in [0, 0.05) is 32.1 Å². The Morgan fingerprint density at radius 2 is 1.76 bits per heavy atom. The first-order chi connectivity index (χ1) is 20.0. The second-order valence-electron chi connectivity index (χ2n) is 10.3. The Labute approximate surface area is 252 Å². The number of hydrogen-bond acceptors (Lipinski definition) is 7. The number of rotatable bonds is 15. The molecule has 42 heavy (non-hydrogen) atoms. The number of nitrogens with zero attached hydrogens (tertiary/aromatic N) is 1. The van der Waals surface area contributed by atoms with Gasteiger partial charge in [-0.1, -0.05) is 41.9 Å². The molecular weight excluding hydrogens is 564 g/mol. The number of benzene rings is 2. The molecule has 1 aliphatic rings. The number of carboxylic acid groups (broad SMARTS) is 1. The molecule has 0 aliphatic heterocycles. The van der Waals surface area contributed by atoms with Gasteiger partial charge in [0.1, 0.15) is 16.9 Å². The minimum atomic E-state index is -1.46. The molecule has 2 atom stereocenters. The number of ketones is 1. The molecule has 2 N–H and O–H groups in total. The number of urea groups is 1. The van der Waals surface area contributed by atoms with E-state index in [0.717, 1.165) is 5.56 Å². The smallest absolute Gasteiger partial charge is 0.329 e. The molecule has 0 unspecified atom stereocenters. The highest BCUT2D eigenvalue weighted by Crippen LogP contribution is 2.43. The van der Waals surface area contributed by atoms with Crippen molar-refractivity contribution >= 4 is 29.4 Å². The van der Waals surface area contributed by atoms with Gasteiger partial charge in [-0.15, -0.1) is 0 Å². The highest BCUT2D eigenvalue weighted by molar-refractivity contribution is 6.33. The molecule has 0 bridgehead atoms. The van der Waals surface area contributed by atoms with E-state index >= 15 is 0 Å². The first kappa shape index (κ1) is 33.2. The van der Waals surface area contributed by atoms with Crippen molar-refractivity contribution in [2.45, 2.75) is 71.2 Å². The van der Waals surface area contributed by atoms with Crippen LogP contribution in [0.15, 0.2) is 36.4 Å². The zero-order valence-corrected chi connectivity index (χ0v) is 25.8. The van der Waals surface area contributed by atoms with Crippen molar-refractivity contribution in [2.75, 3.05) is 33.5 Å². The molecule has 0 saturated heterocycles. The van der Waals surface area contributed by atoms with Crippen molar-refractivity contribution in [1.29, 1.82) is 0 Å². The van der Waals surface area contributed by atoms with Crippen LogP contribution in [0, 0.1) is 0 Å². The van der Waals surface area contributed by atoms with E-state index in [-0.39, 0.29) is 72.7 Å². The number of carboxylic acids is 1. The number of amides is 2. The molecule has 0 spiro atoms. The second-order valence-corrected chi connectivity index (χ2v) is 10.7. The van der Waals surface area contributed by atoms with Crippen LogP contribution in [0.2, 0.25) is 5.02 Å². The number of ether oxygens (including phenoxy) is 4. The predicted molar refractivity (Wildman–Crippen MR) is 159 cm³/mol. The fourth-order valence-electron chi connectivity index (χ4n) is 5.09. The molecule has 2 aromatic carbocycles. The van der Waals surface area contributed by atoms with Gasteiger partial charge in [-0.3, -0.25) is 4.79 Å². The topological polar surface area (TPSA) is 124 Å². The normalized spacial score (nSPS) is 19.3. The van der Waals surface area contributed by atoms with Crippen LogP contribution in [0.1, 0.15) is 81.1 Å². The van der Waals surface area contributed by atoms with Crippen molar-refractivity contribution in [1.82, 2.24) is 10.2 Å². The summed E-state index contributed by atoms with van der Waals surface area (Å²) in [6.07, 6.45) is -0.214. The van der Waals surface area contributed by atoms with Gasteiger partial charge in [-0.05, 0) is 46.2 Å². The first-order valence-electron chi connectivity index (χ1n) is 14.1. The van der Waals surface area contributed by atoms with Gasteiger partial charge in [0.05, 0.1) is 43.1 Å². The number of nitrogens with one attached hydrogen (secondary N) is 1. The third-order valence-electron chi connectivity index (χ3n) is 7.54. The summed E-state index contributed by atoms with van der Waals surface area (Å²) in [6.45, 7) is 9.49. The summed E-state index contributed by atoms with van der Waals surface area (Å²) >= 11 is 6.84. The van der Waals surface area contributed by atoms with Crippen LogP contribution in [0.5, 0.6) is 11.5 Å². The Morgan fingerprint density at radius 1 is 1.12 bits per heavy atom. The zero-order chi connectivity index (χ0) is 31.0. The van der Waals surface area contributed by atoms with Crippen molar-refractivity contribution in [3.63, 3.8) is 0 Å². The quantitative estimate of drug-likeness (QED) is 0.244. The number of Topliss-reactive ketones (excluding diaryl/α,β-unsaturated/α-hetero) is 1. The fraction of sp³-hybridized carbons (Fsp3) is 0.516. The molecule has 0 radical (unpaired) electrons.